The van der Waals surface area contributed by atoms with E-state index < -0.39 is 16.5 Å². The molecule has 0 bridgehead atoms. The third-order valence-electron chi connectivity index (χ3n) is 2.95. The summed E-state index contributed by atoms with van der Waals surface area (Å²) in [4.78, 5) is 15.2. The van der Waals surface area contributed by atoms with E-state index in [0.29, 0.717) is 11.3 Å². The molecule has 0 aliphatic carbocycles. The quantitative estimate of drug-likeness (QED) is 0.499. The second-order valence-electron chi connectivity index (χ2n) is 4.54. The van der Waals surface area contributed by atoms with Crippen LogP contribution in [0.15, 0.2) is 47.6 Å². The fourth-order valence-electron chi connectivity index (χ4n) is 1.70. The average molecular weight is 334 g/mol. The van der Waals surface area contributed by atoms with Crippen LogP contribution in [-0.2, 0) is 11.4 Å². The monoisotopic (exact) mass is 334 g/mol. The summed E-state index contributed by atoms with van der Waals surface area (Å²) in [5.74, 6) is -1.16. The van der Waals surface area contributed by atoms with E-state index >= 15 is 0 Å². The Kier molecular flexibility index (Phi) is 7.35. The van der Waals surface area contributed by atoms with E-state index in [9.17, 15) is 14.5 Å². The minimum absolute atomic E-state index is 0.00278. The Balaban J connectivity index is 0.00000139. The number of hydrogen-bond acceptors (Lipinski definition) is 5. The lowest BCUT2D eigenvalue weighted by Crippen LogP contribution is -1.98. The normalized spacial score (nSPS) is 10.6. The number of aromatic hydroxyl groups is 1. The van der Waals surface area contributed by atoms with E-state index in [2.05, 4.69) is 5.16 Å². The second kappa shape index (κ2) is 9.24. The molecule has 0 saturated heterocycles. The smallest absolute Gasteiger partial charge is 0.269 e. The summed E-state index contributed by atoms with van der Waals surface area (Å²) in [6.07, 6.45) is 0. The van der Waals surface area contributed by atoms with Gasteiger partial charge in [0, 0.05) is 17.7 Å². The van der Waals surface area contributed by atoms with Crippen LogP contribution < -0.4 is 0 Å². The van der Waals surface area contributed by atoms with Gasteiger partial charge < -0.3 is 9.94 Å². The SMILES string of the molecule is C/C(=N\OCc1ccc([N+](=O)[O-])cc1)c1ccc(O)c(F)c1.CC. The van der Waals surface area contributed by atoms with Crippen molar-refractivity contribution in [2.24, 2.45) is 5.16 Å². The largest absolute Gasteiger partial charge is 0.505 e. The maximum Gasteiger partial charge on any atom is 0.269 e. The number of benzene rings is 2. The molecule has 0 heterocycles. The third kappa shape index (κ3) is 5.35. The lowest BCUT2D eigenvalue weighted by atomic mass is 10.1. The number of nitro groups is 1. The minimum atomic E-state index is -0.734. The summed E-state index contributed by atoms with van der Waals surface area (Å²) in [5.41, 5.74) is 1.65. The van der Waals surface area contributed by atoms with Gasteiger partial charge in [0.15, 0.2) is 11.6 Å². The van der Waals surface area contributed by atoms with Crippen molar-refractivity contribution in [2.75, 3.05) is 0 Å². The number of nitrogens with zero attached hydrogens (tertiary/aromatic N) is 2. The van der Waals surface area contributed by atoms with E-state index in [-0.39, 0.29) is 12.3 Å². The highest BCUT2D eigenvalue weighted by Gasteiger charge is 2.06. The van der Waals surface area contributed by atoms with Gasteiger partial charge in [-0.05, 0) is 42.8 Å². The number of nitro benzene ring substituents is 1. The second-order valence-corrected chi connectivity index (χ2v) is 4.54. The van der Waals surface area contributed by atoms with Gasteiger partial charge in [-0.25, -0.2) is 4.39 Å². The highest BCUT2D eigenvalue weighted by atomic mass is 19.1. The minimum Gasteiger partial charge on any atom is -0.505 e. The Labute approximate surface area is 139 Å². The number of halogens is 1. The van der Waals surface area contributed by atoms with Gasteiger partial charge in [0.2, 0.25) is 0 Å². The van der Waals surface area contributed by atoms with Crippen molar-refractivity contribution in [2.45, 2.75) is 27.4 Å². The van der Waals surface area contributed by atoms with Crippen molar-refractivity contribution in [1.82, 2.24) is 0 Å². The Morgan fingerprint density at radius 3 is 2.42 bits per heavy atom. The van der Waals surface area contributed by atoms with Crippen molar-refractivity contribution in [3.63, 3.8) is 0 Å². The van der Waals surface area contributed by atoms with Gasteiger partial charge in [-0.1, -0.05) is 19.0 Å². The molecule has 24 heavy (non-hydrogen) atoms. The fourth-order valence-corrected chi connectivity index (χ4v) is 1.70. The zero-order valence-corrected chi connectivity index (χ0v) is 13.7. The van der Waals surface area contributed by atoms with E-state index in [1.165, 1.54) is 24.3 Å². The number of phenols is 1. The van der Waals surface area contributed by atoms with Crippen LogP contribution in [0.4, 0.5) is 10.1 Å². The first kappa shape index (κ1) is 19.1. The van der Waals surface area contributed by atoms with Crippen LogP contribution in [0.2, 0.25) is 0 Å². The molecule has 128 valence electrons. The van der Waals surface area contributed by atoms with Gasteiger partial charge in [-0.3, -0.25) is 10.1 Å². The molecule has 0 aliphatic rings. The van der Waals surface area contributed by atoms with Crippen LogP contribution in [-0.4, -0.2) is 15.7 Å². The molecular formula is C17H19FN2O4. The summed E-state index contributed by atoms with van der Waals surface area (Å²) in [6, 6.07) is 9.82. The molecule has 0 aromatic heterocycles. The van der Waals surface area contributed by atoms with E-state index in [1.807, 2.05) is 13.8 Å². The van der Waals surface area contributed by atoms with Crippen molar-refractivity contribution in [3.05, 3.63) is 69.5 Å². The Morgan fingerprint density at radius 1 is 1.25 bits per heavy atom. The standard InChI is InChI=1S/C15H13FN2O4.C2H6/c1-10(12-4-7-15(19)14(16)8-12)17-22-9-11-2-5-13(6-3-11)18(20)21;1-2/h2-8,19H,9H2,1H3;1-2H3/b17-10+;. The van der Waals surface area contributed by atoms with Crippen molar-refractivity contribution in [1.29, 1.82) is 0 Å². The highest BCUT2D eigenvalue weighted by Crippen LogP contribution is 2.17. The molecule has 0 fully saturated rings. The maximum atomic E-state index is 13.2. The molecule has 0 amide bonds. The summed E-state index contributed by atoms with van der Waals surface area (Å²) in [6.45, 7) is 5.78. The molecule has 6 nitrogen and oxygen atoms in total. The maximum absolute atomic E-state index is 13.2. The van der Waals surface area contributed by atoms with E-state index in [4.69, 9.17) is 9.94 Å². The summed E-state index contributed by atoms with van der Waals surface area (Å²) < 4.78 is 13.2. The summed E-state index contributed by atoms with van der Waals surface area (Å²) >= 11 is 0. The lowest BCUT2D eigenvalue weighted by molar-refractivity contribution is -0.384. The molecule has 0 saturated carbocycles. The van der Waals surface area contributed by atoms with Crippen LogP contribution in [0, 0.1) is 15.9 Å². The van der Waals surface area contributed by atoms with E-state index in [0.717, 1.165) is 11.6 Å². The zero-order chi connectivity index (χ0) is 18.1. The molecule has 0 radical (unpaired) electrons. The molecule has 1 N–H and O–H groups in total. The Bertz CT molecular complexity index is 715. The molecule has 7 heteroatoms. The molecule has 2 aromatic carbocycles. The van der Waals surface area contributed by atoms with Gasteiger partial charge in [0.05, 0.1) is 10.6 Å². The van der Waals surface area contributed by atoms with Crippen molar-refractivity contribution < 1.29 is 19.3 Å². The van der Waals surface area contributed by atoms with Crippen LogP contribution >= 0.6 is 0 Å². The van der Waals surface area contributed by atoms with E-state index in [1.54, 1.807) is 19.1 Å². The molecule has 2 aromatic rings. The highest BCUT2D eigenvalue weighted by molar-refractivity contribution is 5.98. The van der Waals surface area contributed by atoms with Gasteiger partial charge in [-0.15, -0.1) is 0 Å². The van der Waals surface area contributed by atoms with Crippen molar-refractivity contribution >= 4 is 11.4 Å². The van der Waals surface area contributed by atoms with Gasteiger partial charge in [0.25, 0.3) is 5.69 Å². The molecule has 0 atom stereocenters. The summed E-state index contributed by atoms with van der Waals surface area (Å²) in [5, 5.41) is 23.5. The summed E-state index contributed by atoms with van der Waals surface area (Å²) in [7, 11) is 0. The fraction of sp³-hybridized carbons (Fsp3) is 0.235. The Morgan fingerprint density at radius 2 is 1.88 bits per heavy atom. The topological polar surface area (TPSA) is 85.0 Å². The predicted molar refractivity (Wildman–Crippen MR) is 89.5 cm³/mol. The van der Waals surface area contributed by atoms with Gasteiger partial charge >= 0.3 is 0 Å². The predicted octanol–water partition coefficient (Wildman–Crippen LogP) is 4.41. The van der Waals surface area contributed by atoms with Crippen LogP contribution in [0.25, 0.3) is 0 Å². The van der Waals surface area contributed by atoms with Crippen LogP contribution in [0.5, 0.6) is 5.75 Å². The van der Waals surface area contributed by atoms with Crippen LogP contribution in [0.1, 0.15) is 31.9 Å². The molecule has 0 unspecified atom stereocenters. The number of oxime groups is 1. The third-order valence-corrected chi connectivity index (χ3v) is 2.95. The number of non-ortho nitro benzene ring substituents is 1. The number of phenolic OH excluding ortho intramolecular Hbond substituents is 1. The first-order valence-electron chi connectivity index (χ1n) is 7.36. The van der Waals surface area contributed by atoms with Gasteiger partial charge in [0.1, 0.15) is 6.61 Å². The zero-order valence-electron chi connectivity index (χ0n) is 13.7. The van der Waals surface area contributed by atoms with Gasteiger partial charge in [-0.2, -0.15) is 0 Å². The number of rotatable bonds is 5. The lowest BCUT2D eigenvalue weighted by Gasteiger charge is -2.04. The van der Waals surface area contributed by atoms with Crippen LogP contribution in [0.3, 0.4) is 0 Å². The Hall–Kier alpha value is -2.96. The molecule has 0 aliphatic heterocycles. The average Bonchev–Trinajstić information content (AvgIpc) is 2.59. The molecule has 0 spiro atoms. The first-order valence-corrected chi connectivity index (χ1v) is 7.36. The first-order chi connectivity index (χ1) is 11.5. The van der Waals surface area contributed by atoms with Crippen molar-refractivity contribution in [3.8, 4) is 5.75 Å². The number of hydrogen-bond donors (Lipinski definition) is 1. The molecule has 2 rings (SSSR count). The molecular weight excluding hydrogens is 315 g/mol.